The minimum atomic E-state index is 0.237. The Balaban J connectivity index is 1.89. The molecule has 4 nitrogen and oxygen atoms in total. The molecule has 1 aromatic rings. The number of carbonyl (C=O) groups excluding carboxylic acids is 1. The van der Waals surface area contributed by atoms with Crippen molar-refractivity contribution in [2.75, 3.05) is 20.1 Å². The minimum absolute atomic E-state index is 0.237. The van der Waals surface area contributed by atoms with Crippen LogP contribution in [0.5, 0.6) is 0 Å². The van der Waals surface area contributed by atoms with Crippen LogP contribution in [0.15, 0.2) is 12.3 Å². The summed E-state index contributed by atoms with van der Waals surface area (Å²) in [4.78, 5) is 17.4. The number of hydrogen-bond acceptors (Lipinski definition) is 2. The normalized spacial score (nSPS) is 27.6. The van der Waals surface area contributed by atoms with Crippen molar-refractivity contribution in [1.29, 1.82) is 0 Å². The molecule has 0 spiro atoms. The molecular weight excluding hydrogens is 238 g/mol. The fourth-order valence-corrected chi connectivity index (χ4v) is 3.55. The van der Waals surface area contributed by atoms with Crippen LogP contribution >= 0.6 is 0 Å². The number of carbonyl (C=O) groups is 1. The van der Waals surface area contributed by atoms with E-state index in [0.717, 1.165) is 37.2 Å². The number of nitrogens with zero attached hydrogens (tertiary/aromatic N) is 3. The Morgan fingerprint density at radius 1 is 1.21 bits per heavy atom. The number of rotatable bonds is 1. The van der Waals surface area contributed by atoms with E-state index in [1.807, 2.05) is 30.8 Å². The van der Waals surface area contributed by atoms with Crippen LogP contribution in [-0.4, -0.2) is 52.5 Å². The van der Waals surface area contributed by atoms with Crippen molar-refractivity contribution in [1.82, 2.24) is 14.4 Å². The van der Waals surface area contributed by atoms with Gasteiger partial charge in [-0.1, -0.05) is 0 Å². The summed E-state index contributed by atoms with van der Waals surface area (Å²) >= 11 is 0. The lowest BCUT2D eigenvalue weighted by Gasteiger charge is -2.28. The summed E-state index contributed by atoms with van der Waals surface area (Å²) in [5.41, 5.74) is 1.95. The predicted molar refractivity (Wildman–Crippen MR) is 75.2 cm³/mol. The monoisotopic (exact) mass is 261 g/mol. The summed E-state index contributed by atoms with van der Waals surface area (Å²) in [5.74, 6) is 0.237. The second-order valence-corrected chi connectivity index (χ2v) is 6.07. The molecule has 1 amide bonds. The number of hydrogen-bond donors (Lipinski definition) is 0. The van der Waals surface area contributed by atoms with Crippen molar-refractivity contribution in [3.63, 3.8) is 0 Å². The van der Waals surface area contributed by atoms with Gasteiger partial charge in [0.05, 0.1) is 5.56 Å². The standard InChI is InChI=1S/C15H23N3O/c1-11-14(7-9-17(11)3)15(19)18-12-4-5-13(18)10-16(2)8-6-12/h7,9,12-13H,4-6,8,10H2,1-3H3/t12-,13+/m1/s1. The third-order valence-corrected chi connectivity index (χ3v) is 4.83. The first kappa shape index (κ1) is 12.7. The summed E-state index contributed by atoms with van der Waals surface area (Å²) in [5, 5.41) is 0. The minimum Gasteiger partial charge on any atom is -0.354 e. The van der Waals surface area contributed by atoms with Gasteiger partial charge in [0, 0.05) is 37.6 Å². The first-order valence-corrected chi connectivity index (χ1v) is 7.21. The molecule has 2 saturated heterocycles. The van der Waals surface area contributed by atoms with E-state index < -0.39 is 0 Å². The summed E-state index contributed by atoms with van der Waals surface area (Å²) in [7, 11) is 4.16. The molecule has 3 heterocycles. The van der Waals surface area contributed by atoms with Crippen LogP contribution in [0.2, 0.25) is 0 Å². The van der Waals surface area contributed by atoms with Gasteiger partial charge in [0.15, 0.2) is 0 Å². The van der Waals surface area contributed by atoms with Crippen LogP contribution in [-0.2, 0) is 7.05 Å². The lowest BCUT2D eigenvalue weighted by molar-refractivity contribution is 0.0672. The highest BCUT2D eigenvalue weighted by Crippen LogP contribution is 2.31. The van der Waals surface area contributed by atoms with Crippen LogP contribution in [0, 0.1) is 6.92 Å². The van der Waals surface area contributed by atoms with Crippen molar-refractivity contribution in [3.8, 4) is 0 Å². The third kappa shape index (κ3) is 2.08. The van der Waals surface area contributed by atoms with Gasteiger partial charge in [-0.25, -0.2) is 0 Å². The third-order valence-electron chi connectivity index (χ3n) is 4.83. The molecule has 2 atom stereocenters. The van der Waals surface area contributed by atoms with Crippen molar-refractivity contribution in [2.24, 2.45) is 7.05 Å². The van der Waals surface area contributed by atoms with Gasteiger partial charge in [-0.05, 0) is 45.8 Å². The van der Waals surface area contributed by atoms with Crippen LogP contribution in [0.4, 0.5) is 0 Å². The summed E-state index contributed by atoms with van der Waals surface area (Å²) in [6, 6.07) is 2.82. The Morgan fingerprint density at radius 3 is 2.63 bits per heavy atom. The van der Waals surface area contributed by atoms with Crippen molar-refractivity contribution < 1.29 is 4.79 Å². The molecule has 2 bridgehead atoms. The van der Waals surface area contributed by atoms with Crippen LogP contribution < -0.4 is 0 Å². The van der Waals surface area contributed by atoms with E-state index in [4.69, 9.17) is 0 Å². The van der Waals surface area contributed by atoms with E-state index in [0.29, 0.717) is 12.1 Å². The summed E-state index contributed by atoms with van der Waals surface area (Å²) in [6.45, 7) is 4.16. The molecule has 0 aliphatic carbocycles. The Bertz CT molecular complexity index is 494. The van der Waals surface area contributed by atoms with Gasteiger partial charge in [0.2, 0.25) is 0 Å². The zero-order chi connectivity index (χ0) is 13.6. The van der Waals surface area contributed by atoms with E-state index in [2.05, 4.69) is 16.8 Å². The predicted octanol–water partition coefficient (Wildman–Crippen LogP) is 1.64. The van der Waals surface area contributed by atoms with Crippen LogP contribution in [0.1, 0.15) is 35.3 Å². The number of aryl methyl sites for hydroxylation is 1. The first-order chi connectivity index (χ1) is 9.08. The number of likely N-dealkylation sites (tertiary alicyclic amines) is 1. The Morgan fingerprint density at radius 2 is 1.95 bits per heavy atom. The molecule has 0 N–H and O–H groups in total. The van der Waals surface area contributed by atoms with Crippen LogP contribution in [0.25, 0.3) is 0 Å². The molecular formula is C15H23N3O. The molecule has 2 aliphatic heterocycles. The average Bonchev–Trinajstić information content (AvgIpc) is 2.85. The Kier molecular flexibility index (Phi) is 3.13. The summed E-state index contributed by atoms with van der Waals surface area (Å²) < 4.78 is 2.03. The first-order valence-electron chi connectivity index (χ1n) is 7.21. The topological polar surface area (TPSA) is 28.5 Å². The number of fused-ring (bicyclic) bond motifs is 2. The lowest BCUT2D eigenvalue weighted by Crippen LogP contribution is -2.42. The smallest absolute Gasteiger partial charge is 0.256 e. The second kappa shape index (κ2) is 4.67. The average molecular weight is 261 g/mol. The Labute approximate surface area is 115 Å². The van der Waals surface area contributed by atoms with Crippen molar-refractivity contribution in [3.05, 3.63) is 23.5 Å². The van der Waals surface area contributed by atoms with Gasteiger partial charge in [0.25, 0.3) is 5.91 Å². The molecule has 0 saturated carbocycles. The number of amides is 1. The SMILES string of the molecule is Cc1c(C(=O)N2[C@@H]3CC[C@H]2CN(C)CC3)ccn1C. The maximum Gasteiger partial charge on any atom is 0.256 e. The molecule has 2 fully saturated rings. The van der Waals surface area contributed by atoms with Gasteiger partial charge in [-0.15, -0.1) is 0 Å². The maximum atomic E-state index is 12.8. The van der Waals surface area contributed by atoms with Crippen molar-refractivity contribution in [2.45, 2.75) is 38.3 Å². The largest absolute Gasteiger partial charge is 0.354 e. The molecule has 3 rings (SSSR count). The number of aromatic nitrogens is 1. The molecule has 4 heteroatoms. The van der Waals surface area contributed by atoms with Gasteiger partial charge in [-0.2, -0.15) is 0 Å². The lowest BCUT2D eigenvalue weighted by atomic mass is 10.1. The van der Waals surface area contributed by atoms with Gasteiger partial charge >= 0.3 is 0 Å². The molecule has 1 aromatic heterocycles. The fraction of sp³-hybridized carbons (Fsp3) is 0.667. The molecule has 104 valence electrons. The van der Waals surface area contributed by atoms with Gasteiger partial charge in [-0.3, -0.25) is 4.79 Å². The van der Waals surface area contributed by atoms with Crippen molar-refractivity contribution >= 4 is 5.91 Å². The summed E-state index contributed by atoms with van der Waals surface area (Å²) in [6.07, 6.45) is 5.43. The fourth-order valence-electron chi connectivity index (χ4n) is 3.55. The molecule has 2 aliphatic rings. The number of likely N-dealkylation sites (N-methyl/N-ethyl adjacent to an activating group) is 1. The zero-order valence-corrected chi connectivity index (χ0v) is 12.1. The van der Waals surface area contributed by atoms with Gasteiger partial charge < -0.3 is 14.4 Å². The highest BCUT2D eigenvalue weighted by Gasteiger charge is 2.40. The molecule has 19 heavy (non-hydrogen) atoms. The molecule has 0 aromatic carbocycles. The second-order valence-electron chi connectivity index (χ2n) is 6.07. The van der Waals surface area contributed by atoms with E-state index in [1.54, 1.807) is 0 Å². The van der Waals surface area contributed by atoms with E-state index in [9.17, 15) is 4.79 Å². The molecule has 0 radical (unpaired) electrons. The van der Waals surface area contributed by atoms with Crippen LogP contribution in [0.3, 0.4) is 0 Å². The zero-order valence-electron chi connectivity index (χ0n) is 12.1. The molecule has 0 unspecified atom stereocenters. The van der Waals surface area contributed by atoms with Gasteiger partial charge in [0.1, 0.15) is 0 Å². The highest BCUT2D eigenvalue weighted by molar-refractivity contribution is 5.96. The van der Waals surface area contributed by atoms with E-state index in [-0.39, 0.29) is 5.91 Å². The van der Waals surface area contributed by atoms with E-state index in [1.165, 1.54) is 6.42 Å². The maximum absolute atomic E-state index is 12.8. The quantitative estimate of drug-likeness (QED) is 0.769. The highest BCUT2D eigenvalue weighted by atomic mass is 16.2. The Hall–Kier alpha value is -1.29. The van der Waals surface area contributed by atoms with E-state index >= 15 is 0 Å².